The maximum atomic E-state index is 12.1. The number of alkyl halides is 1. The summed E-state index contributed by atoms with van der Waals surface area (Å²) in [5, 5.41) is 0.831. The van der Waals surface area contributed by atoms with E-state index in [1.807, 2.05) is 6.07 Å². The average Bonchev–Trinajstić information content (AvgIpc) is 2.50. The lowest BCUT2D eigenvalue weighted by atomic mass is 10.0. The lowest BCUT2D eigenvalue weighted by Crippen LogP contribution is -2.09. The first-order valence-corrected chi connectivity index (χ1v) is 6.95. The largest absolute Gasteiger partial charge is 0.496 e. The third kappa shape index (κ3) is 3.29. The molecule has 0 bridgehead atoms. The number of aromatic amines is 1. The number of aryl methyl sites for hydroxylation is 1. The Hall–Kier alpha value is -2.17. The van der Waals surface area contributed by atoms with E-state index >= 15 is 0 Å². The molecule has 1 N–H and O–H groups in total. The fourth-order valence-corrected chi connectivity index (χ4v) is 2.49. The Bertz CT molecular complexity index is 694. The minimum Gasteiger partial charge on any atom is -0.496 e. The van der Waals surface area contributed by atoms with Gasteiger partial charge in [-0.3, -0.25) is 14.0 Å². The molecule has 0 radical (unpaired) electrons. The van der Waals surface area contributed by atoms with Crippen LogP contribution < -0.4 is 10.3 Å². The van der Waals surface area contributed by atoms with Crippen LogP contribution in [0.2, 0.25) is 0 Å². The number of aromatic nitrogens is 1. The van der Waals surface area contributed by atoms with Crippen molar-refractivity contribution in [2.24, 2.45) is 0 Å². The Morgan fingerprint density at radius 1 is 1.29 bits per heavy atom. The fourth-order valence-electron chi connectivity index (χ4n) is 2.49. The molecule has 21 heavy (non-hydrogen) atoms. The summed E-state index contributed by atoms with van der Waals surface area (Å²) in [4.78, 5) is 25.8. The van der Waals surface area contributed by atoms with Crippen LogP contribution in [0.5, 0.6) is 5.75 Å². The molecular weight excluding hydrogens is 273 g/mol. The number of hydrogen-bond donors (Lipinski definition) is 1. The number of methoxy groups -OCH3 is 1. The molecule has 1 aromatic heterocycles. The molecule has 112 valence electrons. The number of ether oxygens (including phenoxy) is 1. The number of pyridine rings is 1. The molecule has 1 aromatic carbocycles. The summed E-state index contributed by atoms with van der Waals surface area (Å²) in [6.45, 7) is -0.317. The monoisotopic (exact) mass is 291 g/mol. The van der Waals surface area contributed by atoms with E-state index in [0.717, 1.165) is 23.8 Å². The Balaban J connectivity index is 2.47. The van der Waals surface area contributed by atoms with Crippen LogP contribution in [0.1, 0.15) is 35.2 Å². The standard InChI is InChI=1S/C16H18FNO3/c1-21-14-7-6-12-11(5-3-2-4-8-17)9-15(20)18-16(12)13(14)10-19/h6-7,9-10H,2-5,8H2,1H3,(H,18,20). The normalized spacial score (nSPS) is 10.8. The molecule has 4 nitrogen and oxygen atoms in total. The van der Waals surface area contributed by atoms with Crippen LogP contribution in [-0.4, -0.2) is 25.1 Å². The van der Waals surface area contributed by atoms with Crippen molar-refractivity contribution in [3.63, 3.8) is 0 Å². The highest BCUT2D eigenvalue weighted by molar-refractivity contribution is 5.99. The first-order chi connectivity index (χ1) is 10.2. The molecule has 0 unspecified atom stereocenters. The molecule has 0 aliphatic carbocycles. The van der Waals surface area contributed by atoms with E-state index < -0.39 is 0 Å². The van der Waals surface area contributed by atoms with Gasteiger partial charge in [-0.2, -0.15) is 0 Å². The van der Waals surface area contributed by atoms with E-state index in [9.17, 15) is 14.0 Å². The quantitative estimate of drug-likeness (QED) is 0.630. The lowest BCUT2D eigenvalue weighted by Gasteiger charge is -2.10. The van der Waals surface area contributed by atoms with Gasteiger partial charge < -0.3 is 9.72 Å². The molecule has 0 saturated carbocycles. The molecule has 1 heterocycles. The van der Waals surface area contributed by atoms with Crippen molar-refractivity contribution in [2.45, 2.75) is 25.7 Å². The molecular formula is C16H18FNO3. The molecule has 2 rings (SSSR count). The second-order valence-corrected chi connectivity index (χ2v) is 4.88. The van der Waals surface area contributed by atoms with Crippen LogP contribution in [0.4, 0.5) is 4.39 Å². The number of rotatable bonds is 7. The first-order valence-electron chi connectivity index (χ1n) is 6.95. The van der Waals surface area contributed by atoms with Crippen molar-refractivity contribution in [3.05, 3.63) is 39.7 Å². The third-order valence-electron chi connectivity index (χ3n) is 3.52. The van der Waals surface area contributed by atoms with Gasteiger partial charge in [0.25, 0.3) is 0 Å². The van der Waals surface area contributed by atoms with E-state index in [4.69, 9.17) is 4.74 Å². The SMILES string of the molecule is COc1ccc2c(CCCCCF)cc(=O)[nH]c2c1C=O. The molecule has 0 spiro atoms. The molecule has 0 aliphatic heterocycles. The first kappa shape index (κ1) is 15.2. The highest BCUT2D eigenvalue weighted by Gasteiger charge is 2.11. The highest BCUT2D eigenvalue weighted by atomic mass is 19.1. The highest BCUT2D eigenvalue weighted by Crippen LogP contribution is 2.27. The van der Waals surface area contributed by atoms with Crippen LogP contribution in [0.3, 0.4) is 0 Å². The van der Waals surface area contributed by atoms with Gasteiger partial charge in [0.05, 0.1) is 24.9 Å². The van der Waals surface area contributed by atoms with E-state index in [2.05, 4.69) is 4.98 Å². The maximum absolute atomic E-state index is 12.1. The van der Waals surface area contributed by atoms with Gasteiger partial charge in [-0.1, -0.05) is 6.42 Å². The second-order valence-electron chi connectivity index (χ2n) is 4.88. The molecule has 0 saturated heterocycles. The Kier molecular flexibility index (Phi) is 5.09. The number of hydrogen-bond acceptors (Lipinski definition) is 3. The van der Waals surface area contributed by atoms with Gasteiger partial charge in [-0.25, -0.2) is 0 Å². The summed E-state index contributed by atoms with van der Waals surface area (Å²) in [5.41, 5.74) is 1.47. The summed E-state index contributed by atoms with van der Waals surface area (Å²) < 4.78 is 17.3. The van der Waals surface area contributed by atoms with Crippen LogP contribution in [0, 0.1) is 0 Å². The van der Waals surface area contributed by atoms with Crippen molar-refractivity contribution in [1.82, 2.24) is 4.98 Å². The van der Waals surface area contributed by atoms with Gasteiger partial charge in [0.2, 0.25) is 5.56 Å². The summed E-state index contributed by atoms with van der Waals surface area (Å²) in [6, 6.07) is 5.09. The van der Waals surface area contributed by atoms with E-state index in [1.165, 1.54) is 7.11 Å². The van der Waals surface area contributed by atoms with Gasteiger partial charge in [-0.15, -0.1) is 0 Å². The molecule has 0 amide bonds. The number of benzene rings is 1. The van der Waals surface area contributed by atoms with Gasteiger partial charge in [-0.05, 0) is 37.0 Å². The average molecular weight is 291 g/mol. The third-order valence-corrected chi connectivity index (χ3v) is 3.52. The van der Waals surface area contributed by atoms with Crippen molar-refractivity contribution >= 4 is 17.2 Å². The van der Waals surface area contributed by atoms with Crippen molar-refractivity contribution in [1.29, 1.82) is 0 Å². The van der Waals surface area contributed by atoms with E-state index in [0.29, 0.717) is 36.0 Å². The second kappa shape index (κ2) is 7.02. The van der Waals surface area contributed by atoms with Crippen molar-refractivity contribution in [2.75, 3.05) is 13.8 Å². The van der Waals surface area contributed by atoms with E-state index in [1.54, 1.807) is 12.1 Å². The summed E-state index contributed by atoms with van der Waals surface area (Å²) in [6.07, 6.45) is 3.50. The van der Waals surface area contributed by atoms with Gasteiger partial charge in [0, 0.05) is 11.5 Å². The summed E-state index contributed by atoms with van der Waals surface area (Å²) >= 11 is 0. The molecule has 2 aromatic rings. The predicted molar refractivity (Wildman–Crippen MR) is 80.0 cm³/mol. The van der Waals surface area contributed by atoms with Crippen LogP contribution in [0.25, 0.3) is 10.9 Å². The zero-order valence-electron chi connectivity index (χ0n) is 11.9. The molecule has 5 heteroatoms. The molecule has 0 aliphatic rings. The van der Waals surface area contributed by atoms with Gasteiger partial charge in [0.15, 0.2) is 6.29 Å². The summed E-state index contributed by atoms with van der Waals surface area (Å²) in [7, 11) is 1.48. The maximum Gasteiger partial charge on any atom is 0.248 e. The van der Waals surface area contributed by atoms with Gasteiger partial charge in [0.1, 0.15) is 5.75 Å². The minimum atomic E-state index is -0.317. The van der Waals surface area contributed by atoms with Crippen LogP contribution in [-0.2, 0) is 6.42 Å². The molecule has 0 atom stereocenters. The number of unbranched alkanes of at least 4 members (excludes halogenated alkanes) is 2. The number of fused-ring (bicyclic) bond motifs is 1. The topological polar surface area (TPSA) is 59.2 Å². The number of aldehydes is 1. The predicted octanol–water partition coefficient (Wildman–Crippen LogP) is 3.03. The minimum absolute atomic E-state index is 0.251. The number of halogens is 1. The Morgan fingerprint density at radius 3 is 2.76 bits per heavy atom. The Labute approximate surface area is 121 Å². The summed E-state index contributed by atoms with van der Waals surface area (Å²) in [5.74, 6) is 0.433. The zero-order chi connectivity index (χ0) is 15.2. The van der Waals surface area contributed by atoms with Crippen molar-refractivity contribution < 1.29 is 13.9 Å². The zero-order valence-corrected chi connectivity index (χ0v) is 11.9. The number of H-pyrrole nitrogens is 1. The smallest absolute Gasteiger partial charge is 0.248 e. The Morgan fingerprint density at radius 2 is 2.10 bits per heavy atom. The van der Waals surface area contributed by atoms with E-state index in [-0.39, 0.29) is 12.2 Å². The fraction of sp³-hybridized carbons (Fsp3) is 0.375. The van der Waals surface area contributed by atoms with Crippen LogP contribution in [0.15, 0.2) is 23.0 Å². The van der Waals surface area contributed by atoms with Crippen LogP contribution >= 0.6 is 0 Å². The van der Waals surface area contributed by atoms with Crippen molar-refractivity contribution in [3.8, 4) is 5.75 Å². The van der Waals surface area contributed by atoms with Gasteiger partial charge >= 0.3 is 0 Å². The number of carbonyl (C=O) groups is 1. The molecule has 0 fully saturated rings. The lowest BCUT2D eigenvalue weighted by molar-refractivity contribution is 0.112. The number of carbonyl (C=O) groups excluding carboxylic acids is 1. The number of nitrogens with one attached hydrogen (secondary N) is 1.